The van der Waals surface area contributed by atoms with Gasteiger partial charge in [0.1, 0.15) is 5.60 Å². The maximum Gasteiger partial charge on any atom is 0.340 e. The summed E-state index contributed by atoms with van der Waals surface area (Å²) in [5.74, 6) is -0.616. The van der Waals surface area contributed by atoms with E-state index in [0.717, 1.165) is 0 Å². The van der Waals surface area contributed by atoms with E-state index in [1.54, 1.807) is 18.4 Å². The molecule has 0 saturated heterocycles. The van der Waals surface area contributed by atoms with Gasteiger partial charge in [-0.25, -0.2) is 9.78 Å². The second kappa shape index (κ2) is 5.97. The van der Waals surface area contributed by atoms with Crippen LogP contribution in [0.15, 0.2) is 11.5 Å². The minimum absolute atomic E-state index is 0.194. The molecule has 1 aromatic heterocycles. The summed E-state index contributed by atoms with van der Waals surface area (Å²) in [4.78, 5) is 27.1. The van der Waals surface area contributed by atoms with Crippen LogP contribution in [0, 0.1) is 0 Å². The summed E-state index contributed by atoms with van der Waals surface area (Å²) in [7, 11) is 0. The molecule has 0 radical (unpaired) electrons. The van der Waals surface area contributed by atoms with E-state index in [2.05, 4.69) is 10.3 Å². The summed E-state index contributed by atoms with van der Waals surface area (Å²) in [5, 5.41) is 4.76. The largest absolute Gasteiger partial charge is 0.456 e. The molecule has 1 N–H and O–H groups in total. The normalized spacial score (nSPS) is 12.2. The molecule has 1 heterocycles. The first kappa shape index (κ1) is 15.4. The van der Waals surface area contributed by atoms with E-state index < -0.39 is 11.6 Å². The van der Waals surface area contributed by atoms with Crippen molar-refractivity contribution in [3.05, 3.63) is 17.2 Å². The second-order valence-corrected chi connectivity index (χ2v) is 5.78. The number of hydrogen-bond acceptors (Lipinski definition) is 5. The van der Waals surface area contributed by atoms with Gasteiger partial charge in [0.15, 0.2) is 5.13 Å². The Morgan fingerprint density at radius 1 is 1.42 bits per heavy atom. The van der Waals surface area contributed by atoms with E-state index in [1.807, 2.05) is 20.8 Å². The highest BCUT2D eigenvalue weighted by atomic mass is 32.1. The molecule has 0 bridgehead atoms. The fourth-order valence-electron chi connectivity index (χ4n) is 1.31. The number of ether oxygens (including phenoxy) is 1. The van der Waals surface area contributed by atoms with Crippen molar-refractivity contribution in [2.45, 2.75) is 40.2 Å². The highest BCUT2D eigenvalue weighted by molar-refractivity contribution is 7.14. The number of nitrogens with one attached hydrogen (secondary N) is 1. The molecule has 19 heavy (non-hydrogen) atoms. The van der Waals surface area contributed by atoms with Crippen LogP contribution in [0.25, 0.3) is 5.57 Å². The summed E-state index contributed by atoms with van der Waals surface area (Å²) >= 11 is 1.27. The zero-order valence-corrected chi connectivity index (χ0v) is 12.6. The van der Waals surface area contributed by atoms with Gasteiger partial charge in [-0.2, -0.15) is 0 Å². The topological polar surface area (TPSA) is 68.3 Å². The standard InChI is InChI=1S/C13H18N2O3S/c1-6-9(11(17)18-13(3,4)5)10-7-19-12(15-10)14-8(2)16/h6-7H,1-5H3,(H,14,15,16). The third kappa shape index (κ3) is 4.82. The molecule has 6 heteroatoms. The second-order valence-electron chi connectivity index (χ2n) is 4.92. The predicted octanol–water partition coefficient (Wildman–Crippen LogP) is 2.85. The van der Waals surface area contributed by atoms with Crippen LogP contribution in [0.5, 0.6) is 0 Å². The van der Waals surface area contributed by atoms with Crippen molar-refractivity contribution in [2.24, 2.45) is 0 Å². The monoisotopic (exact) mass is 282 g/mol. The van der Waals surface area contributed by atoms with Crippen molar-refractivity contribution in [1.29, 1.82) is 0 Å². The Bertz CT molecular complexity index is 512. The molecule has 0 fully saturated rings. The van der Waals surface area contributed by atoms with E-state index in [9.17, 15) is 9.59 Å². The van der Waals surface area contributed by atoms with Gasteiger partial charge in [0.25, 0.3) is 0 Å². The molecular formula is C13H18N2O3S. The van der Waals surface area contributed by atoms with E-state index in [0.29, 0.717) is 16.4 Å². The summed E-state index contributed by atoms with van der Waals surface area (Å²) in [6, 6.07) is 0. The Balaban J connectivity index is 2.89. The number of esters is 1. The number of amides is 1. The smallest absolute Gasteiger partial charge is 0.340 e. The SMILES string of the molecule is CC=C(C(=O)OC(C)(C)C)c1csc(NC(C)=O)n1. The average molecular weight is 282 g/mol. The number of carbonyl (C=O) groups excluding carboxylic acids is 2. The molecule has 5 nitrogen and oxygen atoms in total. The summed E-state index contributed by atoms with van der Waals surface area (Å²) in [6.07, 6.45) is 1.65. The van der Waals surface area contributed by atoms with Crippen molar-refractivity contribution < 1.29 is 14.3 Å². The van der Waals surface area contributed by atoms with Gasteiger partial charge in [0.05, 0.1) is 11.3 Å². The minimum atomic E-state index is -0.554. The van der Waals surface area contributed by atoms with Crippen molar-refractivity contribution in [1.82, 2.24) is 4.98 Å². The lowest BCUT2D eigenvalue weighted by Gasteiger charge is -2.20. The van der Waals surface area contributed by atoms with E-state index >= 15 is 0 Å². The Hall–Kier alpha value is -1.69. The quantitative estimate of drug-likeness (QED) is 0.683. The third-order valence-corrected chi connectivity index (χ3v) is 2.73. The molecule has 0 aliphatic carbocycles. The van der Waals surface area contributed by atoms with Crippen LogP contribution in [0.2, 0.25) is 0 Å². The summed E-state index contributed by atoms with van der Waals surface area (Å²) < 4.78 is 5.31. The van der Waals surface area contributed by atoms with Crippen LogP contribution >= 0.6 is 11.3 Å². The highest BCUT2D eigenvalue weighted by Gasteiger charge is 2.22. The molecule has 1 aromatic rings. The molecule has 0 aliphatic heterocycles. The fourth-order valence-corrected chi connectivity index (χ4v) is 2.07. The third-order valence-electron chi connectivity index (χ3n) is 1.97. The number of thiazole rings is 1. The number of rotatable bonds is 3. The minimum Gasteiger partial charge on any atom is -0.456 e. The Labute approximate surface area is 116 Å². The Kier molecular flexibility index (Phi) is 4.83. The molecule has 0 atom stereocenters. The summed E-state index contributed by atoms with van der Waals surface area (Å²) in [6.45, 7) is 8.58. The van der Waals surface area contributed by atoms with Crippen molar-refractivity contribution >= 4 is 33.9 Å². The molecule has 0 spiro atoms. The predicted molar refractivity (Wildman–Crippen MR) is 75.9 cm³/mol. The molecule has 1 amide bonds. The van der Waals surface area contributed by atoms with E-state index in [1.165, 1.54) is 18.3 Å². The number of anilines is 1. The molecule has 0 unspecified atom stereocenters. The zero-order chi connectivity index (χ0) is 14.6. The number of allylic oxidation sites excluding steroid dienone is 1. The van der Waals surface area contributed by atoms with Crippen LogP contribution in [0.4, 0.5) is 5.13 Å². The zero-order valence-electron chi connectivity index (χ0n) is 11.7. The maximum atomic E-state index is 12.0. The van der Waals surface area contributed by atoms with Gasteiger partial charge in [-0.15, -0.1) is 11.3 Å². The van der Waals surface area contributed by atoms with E-state index in [-0.39, 0.29) is 5.91 Å². The number of carbonyl (C=O) groups is 2. The molecule has 0 aliphatic rings. The van der Waals surface area contributed by atoms with E-state index in [4.69, 9.17) is 4.74 Å². The molecule has 0 aromatic carbocycles. The van der Waals surface area contributed by atoms with Crippen LogP contribution in [0.1, 0.15) is 40.3 Å². The summed E-state index contributed by atoms with van der Waals surface area (Å²) in [5.41, 5.74) is 0.343. The average Bonchev–Trinajstić information content (AvgIpc) is 2.63. The lowest BCUT2D eigenvalue weighted by atomic mass is 10.1. The highest BCUT2D eigenvalue weighted by Crippen LogP contribution is 2.24. The molecular weight excluding hydrogens is 264 g/mol. The van der Waals surface area contributed by atoms with Crippen LogP contribution in [0.3, 0.4) is 0 Å². The van der Waals surface area contributed by atoms with Gasteiger partial charge in [-0.05, 0) is 27.7 Å². The fraction of sp³-hybridized carbons (Fsp3) is 0.462. The molecule has 104 valence electrons. The first-order chi connectivity index (χ1) is 8.73. The van der Waals surface area contributed by atoms with Gasteiger partial charge >= 0.3 is 5.97 Å². The van der Waals surface area contributed by atoms with Gasteiger partial charge in [0, 0.05) is 12.3 Å². The van der Waals surface area contributed by atoms with Crippen molar-refractivity contribution in [3.63, 3.8) is 0 Å². The number of nitrogens with zero attached hydrogens (tertiary/aromatic N) is 1. The first-order valence-electron chi connectivity index (χ1n) is 5.86. The van der Waals surface area contributed by atoms with Crippen molar-refractivity contribution in [3.8, 4) is 0 Å². The molecule has 0 saturated carbocycles. The number of hydrogen-bond donors (Lipinski definition) is 1. The van der Waals surface area contributed by atoms with Gasteiger partial charge in [0.2, 0.25) is 5.91 Å². The first-order valence-corrected chi connectivity index (χ1v) is 6.74. The lowest BCUT2D eigenvalue weighted by Crippen LogP contribution is -2.24. The Morgan fingerprint density at radius 2 is 2.05 bits per heavy atom. The van der Waals surface area contributed by atoms with Crippen LogP contribution in [-0.2, 0) is 14.3 Å². The molecule has 1 rings (SSSR count). The number of aromatic nitrogens is 1. The maximum absolute atomic E-state index is 12.0. The van der Waals surface area contributed by atoms with Gasteiger partial charge in [-0.3, -0.25) is 4.79 Å². The van der Waals surface area contributed by atoms with Gasteiger partial charge < -0.3 is 10.1 Å². The van der Waals surface area contributed by atoms with Gasteiger partial charge in [-0.1, -0.05) is 6.08 Å². The van der Waals surface area contributed by atoms with Crippen LogP contribution in [-0.4, -0.2) is 22.5 Å². The Morgan fingerprint density at radius 3 is 2.53 bits per heavy atom. The van der Waals surface area contributed by atoms with Crippen molar-refractivity contribution in [2.75, 3.05) is 5.32 Å². The lowest BCUT2D eigenvalue weighted by molar-refractivity contribution is -0.147. The van der Waals surface area contributed by atoms with Crippen LogP contribution < -0.4 is 5.32 Å².